The number of hydrogen-bond donors (Lipinski definition) is 2. The van der Waals surface area contributed by atoms with Gasteiger partial charge in [0.15, 0.2) is 5.65 Å². The van der Waals surface area contributed by atoms with Gasteiger partial charge in [0.05, 0.1) is 12.0 Å². The summed E-state index contributed by atoms with van der Waals surface area (Å²) < 4.78 is 1.97. The highest BCUT2D eigenvalue weighted by atomic mass is 35.5. The van der Waals surface area contributed by atoms with Gasteiger partial charge in [0.25, 0.3) is 0 Å². The van der Waals surface area contributed by atoms with Crippen LogP contribution in [0, 0.1) is 6.92 Å². The van der Waals surface area contributed by atoms with Crippen LogP contribution in [0.25, 0.3) is 11.2 Å². The molecule has 146 valence electrons. The Balaban J connectivity index is 1.63. The van der Waals surface area contributed by atoms with Crippen LogP contribution in [0.5, 0.6) is 0 Å². The van der Waals surface area contributed by atoms with Crippen LogP contribution < -0.4 is 5.32 Å². The fourth-order valence-corrected chi connectivity index (χ4v) is 3.69. The molecule has 0 bridgehead atoms. The topological polar surface area (TPSA) is 80.0 Å². The number of carbonyl (C=O) groups excluding carboxylic acids is 1. The van der Waals surface area contributed by atoms with Gasteiger partial charge in [-0.05, 0) is 50.3 Å². The van der Waals surface area contributed by atoms with Crippen molar-refractivity contribution < 1.29 is 9.90 Å². The number of benzene rings is 1. The van der Waals surface area contributed by atoms with E-state index in [9.17, 15) is 9.90 Å². The Morgan fingerprint density at radius 3 is 2.68 bits per heavy atom. The summed E-state index contributed by atoms with van der Waals surface area (Å²) >= 11 is 6.22. The number of aliphatic hydroxyl groups is 1. The number of anilines is 1. The molecule has 1 aliphatic rings. The number of carbonyl (C=O) groups is 1. The van der Waals surface area contributed by atoms with Crippen LogP contribution in [0.1, 0.15) is 49.8 Å². The fraction of sp³-hybridized carbons (Fsp3) is 0.381. The third kappa shape index (κ3) is 3.50. The molecule has 1 saturated carbocycles. The summed E-state index contributed by atoms with van der Waals surface area (Å²) in [4.78, 5) is 21.8. The van der Waals surface area contributed by atoms with Crippen LogP contribution in [-0.2, 0) is 10.4 Å². The number of nitrogens with zero attached hydrogens (tertiary/aromatic N) is 3. The zero-order valence-corrected chi connectivity index (χ0v) is 16.7. The van der Waals surface area contributed by atoms with Crippen LogP contribution in [0.15, 0.2) is 36.4 Å². The van der Waals surface area contributed by atoms with Crippen molar-refractivity contribution >= 4 is 34.6 Å². The SMILES string of the molecule is Cc1cc2nc(NC(=O)C[C@@](C)(O)c3ccccc3)n(C3CCC3)c2nc1Cl. The van der Waals surface area contributed by atoms with Crippen molar-refractivity contribution in [3.05, 3.63) is 52.7 Å². The molecule has 4 rings (SSSR count). The van der Waals surface area contributed by atoms with Gasteiger partial charge < -0.3 is 5.11 Å². The number of nitrogens with one attached hydrogen (secondary N) is 1. The molecular formula is C21H23ClN4O2. The zero-order chi connectivity index (χ0) is 19.9. The number of fused-ring (bicyclic) bond motifs is 1. The van der Waals surface area contributed by atoms with Crippen LogP contribution in [0.3, 0.4) is 0 Å². The monoisotopic (exact) mass is 398 g/mol. The molecule has 0 unspecified atom stereocenters. The first kappa shape index (κ1) is 18.9. The number of rotatable bonds is 5. The van der Waals surface area contributed by atoms with Gasteiger partial charge in [0, 0.05) is 6.04 Å². The van der Waals surface area contributed by atoms with Crippen molar-refractivity contribution in [3.63, 3.8) is 0 Å². The smallest absolute Gasteiger partial charge is 0.229 e. The second kappa shape index (κ2) is 7.18. The standard InChI is InChI=1S/C21H23ClN4O2/c1-13-11-16-19(25-18(13)22)26(15-9-6-10-15)20(23-16)24-17(27)12-21(2,28)14-7-4-3-5-8-14/h3-5,7-8,11,15,28H,6,9-10,12H2,1-2H3,(H,23,24,27)/t21-/m1/s1. The molecule has 2 N–H and O–H groups in total. The normalized spacial score (nSPS) is 16.6. The summed E-state index contributed by atoms with van der Waals surface area (Å²) in [5.74, 6) is 0.162. The van der Waals surface area contributed by atoms with Gasteiger partial charge in [-0.3, -0.25) is 14.7 Å². The Morgan fingerprint density at radius 2 is 2.04 bits per heavy atom. The van der Waals surface area contributed by atoms with Gasteiger partial charge >= 0.3 is 0 Å². The lowest BCUT2D eigenvalue weighted by Gasteiger charge is -2.29. The van der Waals surface area contributed by atoms with Crippen LogP contribution >= 0.6 is 11.6 Å². The minimum Gasteiger partial charge on any atom is -0.385 e. The predicted octanol–water partition coefficient (Wildman–Crippen LogP) is 4.35. The lowest BCUT2D eigenvalue weighted by molar-refractivity contribution is -0.120. The number of imidazole rings is 1. The van der Waals surface area contributed by atoms with Gasteiger partial charge in [-0.1, -0.05) is 41.9 Å². The molecule has 7 heteroatoms. The summed E-state index contributed by atoms with van der Waals surface area (Å²) in [5, 5.41) is 14.1. The van der Waals surface area contributed by atoms with Crippen molar-refractivity contribution in [3.8, 4) is 0 Å². The van der Waals surface area contributed by atoms with E-state index in [4.69, 9.17) is 11.6 Å². The lowest BCUT2D eigenvalue weighted by Crippen LogP contribution is -2.30. The molecule has 0 spiro atoms. The average Bonchev–Trinajstić information content (AvgIpc) is 2.91. The Morgan fingerprint density at radius 1 is 1.32 bits per heavy atom. The average molecular weight is 399 g/mol. The van der Waals surface area contributed by atoms with Crippen LogP contribution in [0.2, 0.25) is 5.15 Å². The highest BCUT2D eigenvalue weighted by Gasteiger charge is 2.30. The number of hydrogen-bond acceptors (Lipinski definition) is 4. The summed E-state index contributed by atoms with van der Waals surface area (Å²) in [6.07, 6.45) is 3.10. The molecule has 2 heterocycles. The summed E-state index contributed by atoms with van der Waals surface area (Å²) in [5.41, 5.74) is 1.67. The molecule has 0 aliphatic heterocycles. The molecular weight excluding hydrogens is 376 g/mol. The zero-order valence-electron chi connectivity index (χ0n) is 15.9. The molecule has 1 aromatic carbocycles. The van der Waals surface area contributed by atoms with E-state index in [1.165, 1.54) is 0 Å². The number of pyridine rings is 1. The van der Waals surface area contributed by atoms with Crippen molar-refractivity contribution in [2.75, 3.05) is 5.32 Å². The van der Waals surface area contributed by atoms with Gasteiger partial charge in [0.2, 0.25) is 11.9 Å². The number of halogens is 1. The van der Waals surface area contributed by atoms with Crippen molar-refractivity contribution in [1.29, 1.82) is 0 Å². The highest BCUT2D eigenvalue weighted by molar-refractivity contribution is 6.30. The Bertz CT molecular complexity index is 1030. The minimum absolute atomic E-state index is 0.0713. The van der Waals surface area contributed by atoms with Gasteiger partial charge in [-0.25, -0.2) is 9.97 Å². The molecule has 0 radical (unpaired) electrons. The number of aromatic nitrogens is 3. The summed E-state index contributed by atoms with van der Waals surface area (Å²) in [7, 11) is 0. The van der Waals surface area contributed by atoms with E-state index in [0.717, 1.165) is 24.8 Å². The maximum atomic E-state index is 12.7. The molecule has 0 saturated heterocycles. The van der Waals surface area contributed by atoms with Crippen molar-refractivity contribution in [2.24, 2.45) is 0 Å². The number of amides is 1. The quantitative estimate of drug-likeness (QED) is 0.626. The first-order valence-electron chi connectivity index (χ1n) is 9.48. The van der Waals surface area contributed by atoms with Crippen LogP contribution in [-0.4, -0.2) is 25.5 Å². The summed E-state index contributed by atoms with van der Waals surface area (Å²) in [6.45, 7) is 3.52. The maximum absolute atomic E-state index is 12.7. The summed E-state index contributed by atoms with van der Waals surface area (Å²) in [6, 6.07) is 11.3. The van der Waals surface area contributed by atoms with Crippen LogP contribution in [0.4, 0.5) is 5.95 Å². The second-order valence-electron chi connectivity index (χ2n) is 7.69. The molecule has 1 fully saturated rings. The highest BCUT2D eigenvalue weighted by Crippen LogP contribution is 2.37. The second-order valence-corrected chi connectivity index (χ2v) is 8.05. The third-order valence-corrected chi connectivity index (χ3v) is 5.77. The molecule has 1 amide bonds. The first-order valence-corrected chi connectivity index (χ1v) is 9.86. The van der Waals surface area contributed by atoms with Gasteiger partial charge in [-0.15, -0.1) is 0 Å². The van der Waals surface area contributed by atoms with E-state index < -0.39 is 5.60 Å². The van der Waals surface area contributed by atoms with E-state index in [0.29, 0.717) is 27.8 Å². The fourth-order valence-electron chi connectivity index (χ4n) is 3.56. The number of aryl methyl sites for hydroxylation is 1. The van der Waals surface area contributed by atoms with Gasteiger partial charge in [0.1, 0.15) is 10.7 Å². The molecule has 6 nitrogen and oxygen atoms in total. The van der Waals surface area contributed by atoms with Crippen molar-refractivity contribution in [2.45, 2.75) is 51.2 Å². The molecule has 2 aromatic heterocycles. The van der Waals surface area contributed by atoms with Crippen molar-refractivity contribution in [1.82, 2.24) is 14.5 Å². The lowest BCUT2D eigenvalue weighted by atomic mass is 9.92. The maximum Gasteiger partial charge on any atom is 0.229 e. The third-order valence-electron chi connectivity index (χ3n) is 5.39. The van der Waals surface area contributed by atoms with E-state index in [-0.39, 0.29) is 18.4 Å². The largest absolute Gasteiger partial charge is 0.385 e. The Kier molecular flexibility index (Phi) is 4.85. The predicted molar refractivity (Wildman–Crippen MR) is 109 cm³/mol. The minimum atomic E-state index is -1.27. The Labute approximate surface area is 168 Å². The van der Waals surface area contributed by atoms with E-state index in [1.54, 1.807) is 6.92 Å². The van der Waals surface area contributed by atoms with Gasteiger partial charge in [-0.2, -0.15) is 0 Å². The molecule has 1 aliphatic carbocycles. The molecule has 28 heavy (non-hydrogen) atoms. The Hall–Kier alpha value is -2.44. The van der Waals surface area contributed by atoms with E-state index >= 15 is 0 Å². The molecule has 1 atom stereocenters. The molecule has 3 aromatic rings. The first-order chi connectivity index (χ1) is 13.3. The van der Waals surface area contributed by atoms with E-state index in [2.05, 4.69) is 15.3 Å². The van der Waals surface area contributed by atoms with E-state index in [1.807, 2.05) is 47.9 Å².